The van der Waals surface area contributed by atoms with E-state index >= 15 is 0 Å². The molecular weight excluding hydrogens is 295 g/mol. The van der Waals surface area contributed by atoms with E-state index in [1.165, 1.54) is 13.5 Å². The predicted octanol–water partition coefficient (Wildman–Crippen LogP) is 1.34. The van der Waals surface area contributed by atoms with Gasteiger partial charge in [0.25, 0.3) is 0 Å². The van der Waals surface area contributed by atoms with Crippen LogP contribution in [0.3, 0.4) is 0 Å². The van der Waals surface area contributed by atoms with Crippen LogP contribution in [0.4, 0.5) is 0 Å². The zero-order valence-corrected chi connectivity index (χ0v) is 15.0. The molecule has 3 N–H and O–H groups in total. The molecule has 0 aromatic heterocycles. The van der Waals surface area contributed by atoms with E-state index in [-0.39, 0.29) is 11.8 Å². The van der Waals surface area contributed by atoms with Gasteiger partial charge in [0.05, 0.1) is 13.2 Å². The summed E-state index contributed by atoms with van der Waals surface area (Å²) in [5.41, 5.74) is -0.395. The zero-order valence-electron chi connectivity index (χ0n) is 15.0. The lowest BCUT2D eigenvalue weighted by Crippen LogP contribution is -2.59. The van der Waals surface area contributed by atoms with Crippen molar-refractivity contribution in [1.82, 2.24) is 10.5 Å². The van der Waals surface area contributed by atoms with Crippen molar-refractivity contribution in [3.05, 3.63) is 0 Å². The van der Waals surface area contributed by atoms with E-state index in [9.17, 15) is 14.6 Å². The van der Waals surface area contributed by atoms with Crippen LogP contribution in [0.15, 0.2) is 0 Å². The summed E-state index contributed by atoms with van der Waals surface area (Å²) in [6, 6.07) is -1.22. The van der Waals surface area contributed by atoms with Crippen molar-refractivity contribution < 1.29 is 19.3 Å². The highest BCUT2D eigenvalue weighted by molar-refractivity contribution is 6.46. The van der Waals surface area contributed by atoms with Gasteiger partial charge in [-0.2, -0.15) is 0 Å². The minimum absolute atomic E-state index is 0.118. The quantitative estimate of drug-likeness (QED) is 0.506. The third kappa shape index (κ3) is 6.14. The molecule has 7 heteroatoms. The Kier molecular flexibility index (Phi) is 7.54. The van der Waals surface area contributed by atoms with Crippen molar-refractivity contribution in [3.63, 3.8) is 0 Å². The number of hydrogen-bond acceptors (Lipinski definition) is 5. The van der Waals surface area contributed by atoms with Gasteiger partial charge in [-0.15, -0.1) is 0 Å². The Bertz CT molecular complexity index is 403. The summed E-state index contributed by atoms with van der Waals surface area (Å²) in [5, 5.41) is 15.3. The number of ether oxygens (including phenoxy) is 1. The number of rotatable bonds is 6. The topological polar surface area (TPSA) is 87.7 Å². The normalized spacial score (nSPS) is 18.9. The first kappa shape index (κ1) is 20.0. The predicted molar refractivity (Wildman–Crippen MR) is 90.7 cm³/mol. The monoisotopic (exact) mass is 326 g/mol. The highest BCUT2D eigenvalue weighted by Gasteiger charge is 2.37. The minimum Gasteiger partial charge on any atom is -0.467 e. The van der Waals surface area contributed by atoms with Gasteiger partial charge in [0.15, 0.2) is 0 Å². The fourth-order valence-electron chi connectivity index (χ4n) is 3.16. The fraction of sp³-hybridized carbons (Fsp3) is 0.875. The average molecular weight is 326 g/mol. The maximum absolute atomic E-state index is 12.7. The molecule has 0 spiro atoms. The molecule has 6 nitrogen and oxygen atoms in total. The Hall–Kier alpha value is -1.08. The maximum Gasteiger partial charge on any atom is 0.374 e. The second-order valence-corrected chi connectivity index (χ2v) is 7.55. The van der Waals surface area contributed by atoms with E-state index in [2.05, 4.69) is 10.5 Å². The fourth-order valence-corrected chi connectivity index (χ4v) is 3.16. The van der Waals surface area contributed by atoms with E-state index in [1.54, 1.807) is 6.82 Å². The van der Waals surface area contributed by atoms with Crippen molar-refractivity contribution in [1.29, 1.82) is 0 Å². The van der Waals surface area contributed by atoms with E-state index in [4.69, 9.17) is 4.74 Å². The largest absolute Gasteiger partial charge is 0.467 e. The summed E-state index contributed by atoms with van der Waals surface area (Å²) in [6.07, 6.45) is 5.16. The maximum atomic E-state index is 12.7. The standard InChI is InChI=1S/C16H31BN2O4/c1-16(2,3)13(19-17(4)22)14(20)18-12(15(21)23-5)11-9-7-6-8-10-11/h11-13,19,22H,6-10H2,1-5H3,(H,18,20)/t12-,13+/m0/s1. The Morgan fingerprint density at radius 2 is 1.78 bits per heavy atom. The van der Waals surface area contributed by atoms with Gasteiger partial charge in [-0.1, -0.05) is 40.0 Å². The highest BCUT2D eigenvalue weighted by atomic mass is 16.5. The smallest absolute Gasteiger partial charge is 0.374 e. The molecule has 0 aromatic carbocycles. The summed E-state index contributed by atoms with van der Waals surface area (Å²) in [4.78, 5) is 24.8. The third-order valence-electron chi connectivity index (χ3n) is 4.41. The molecule has 0 heterocycles. The summed E-state index contributed by atoms with van der Waals surface area (Å²) >= 11 is 0. The number of esters is 1. The summed E-state index contributed by atoms with van der Waals surface area (Å²) in [6.45, 7) is 7.33. The van der Waals surface area contributed by atoms with Crippen LogP contribution in [0.5, 0.6) is 0 Å². The first-order valence-corrected chi connectivity index (χ1v) is 8.49. The Balaban J connectivity index is 2.86. The van der Waals surface area contributed by atoms with Crippen LogP contribution >= 0.6 is 0 Å². The lowest BCUT2D eigenvalue weighted by molar-refractivity contribution is -0.147. The molecule has 1 aliphatic carbocycles. The molecule has 0 bridgehead atoms. The summed E-state index contributed by atoms with van der Waals surface area (Å²) in [7, 11) is 0.538. The van der Waals surface area contributed by atoms with Gasteiger partial charge in [-0.05, 0) is 31.0 Å². The second-order valence-electron chi connectivity index (χ2n) is 7.55. The van der Waals surface area contributed by atoms with Gasteiger partial charge in [0.1, 0.15) is 6.04 Å². The third-order valence-corrected chi connectivity index (χ3v) is 4.41. The number of methoxy groups -OCH3 is 1. The lowest BCUT2D eigenvalue weighted by atomic mass is 9.78. The van der Waals surface area contributed by atoms with Crippen LogP contribution < -0.4 is 10.5 Å². The molecule has 0 saturated heterocycles. The first-order valence-electron chi connectivity index (χ1n) is 8.49. The summed E-state index contributed by atoms with van der Waals surface area (Å²) < 4.78 is 4.89. The first-order chi connectivity index (χ1) is 10.7. The van der Waals surface area contributed by atoms with E-state index in [0.717, 1.165) is 25.7 Å². The van der Waals surface area contributed by atoms with E-state index in [0.29, 0.717) is 0 Å². The molecule has 1 rings (SSSR count). The number of hydrogen-bond donors (Lipinski definition) is 3. The zero-order chi connectivity index (χ0) is 17.6. The van der Waals surface area contributed by atoms with Crippen molar-refractivity contribution in [2.24, 2.45) is 11.3 Å². The number of nitrogens with one attached hydrogen (secondary N) is 2. The Morgan fingerprint density at radius 3 is 2.22 bits per heavy atom. The number of carbonyl (C=O) groups excluding carboxylic acids is 2. The van der Waals surface area contributed by atoms with E-state index < -0.39 is 30.5 Å². The molecule has 1 fully saturated rings. The molecule has 132 valence electrons. The van der Waals surface area contributed by atoms with Crippen LogP contribution in [0.1, 0.15) is 52.9 Å². The van der Waals surface area contributed by atoms with Crippen LogP contribution in [0.2, 0.25) is 6.82 Å². The van der Waals surface area contributed by atoms with E-state index in [1.807, 2.05) is 20.8 Å². The van der Waals surface area contributed by atoms with Gasteiger partial charge in [-0.3, -0.25) is 4.79 Å². The SMILES string of the molecule is COC(=O)[C@@H](NC(=O)[C@@H](NB(C)O)C(C)(C)C)C1CCCCC1. The summed E-state index contributed by atoms with van der Waals surface area (Å²) in [5.74, 6) is -0.554. The van der Waals surface area contributed by atoms with Crippen LogP contribution in [-0.2, 0) is 14.3 Å². The van der Waals surface area contributed by atoms with Crippen molar-refractivity contribution in [2.45, 2.75) is 71.8 Å². The van der Waals surface area contributed by atoms with Gasteiger partial charge < -0.3 is 20.3 Å². The van der Waals surface area contributed by atoms with Crippen molar-refractivity contribution in [3.8, 4) is 0 Å². The lowest BCUT2D eigenvalue weighted by Gasteiger charge is -2.34. The second kappa shape index (κ2) is 8.69. The highest BCUT2D eigenvalue weighted by Crippen LogP contribution is 2.28. The molecule has 2 atom stereocenters. The molecule has 1 saturated carbocycles. The van der Waals surface area contributed by atoms with Gasteiger partial charge in [-0.25, -0.2) is 4.79 Å². The van der Waals surface area contributed by atoms with Crippen LogP contribution in [0, 0.1) is 11.3 Å². The van der Waals surface area contributed by atoms with Gasteiger partial charge >= 0.3 is 13.0 Å². The van der Waals surface area contributed by atoms with Crippen molar-refractivity contribution >= 4 is 18.9 Å². The number of amides is 1. The van der Waals surface area contributed by atoms with Crippen molar-refractivity contribution in [2.75, 3.05) is 7.11 Å². The molecule has 23 heavy (non-hydrogen) atoms. The van der Waals surface area contributed by atoms with Crippen LogP contribution in [0.25, 0.3) is 0 Å². The van der Waals surface area contributed by atoms with Gasteiger partial charge in [0.2, 0.25) is 5.91 Å². The molecule has 0 aliphatic heterocycles. The molecule has 1 aliphatic rings. The van der Waals surface area contributed by atoms with Crippen LogP contribution in [-0.4, -0.2) is 43.1 Å². The molecule has 0 unspecified atom stereocenters. The molecule has 0 radical (unpaired) electrons. The number of carbonyl (C=O) groups is 2. The van der Waals surface area contributed by atoms with Gasteiger partial charge in [0, 0.05) is 0 Å². The average Bonchev–Trinajstić information content (AvgIpc) is 2.49. The Morgan fingerprint density at radius 1 is 1.22 bits per heavy atom. The minimum atomic E-state index is -0.809. The molecule has 0 aromatic rings. The Labute approximate surface area is 139 Å². The molecular formula is C16H31BN2O4. The molecule has 1 amide bonds.